The highest BCUT2D eigenvalue weighted by atomic mass is 17.2. The molecule has 4 aliphatic rings. The summed E-state index contributed by atoms with van der Waals surface area (Å²) in [7, 11) is 0. The van der Waals surface area contributed by atoms with Crippen molar-refractivity contribution in [3.8, 4) is 11.5 Å². The molecule has 2 aromatic rings. The Balaban J connectivity index is 1.42. The van der Waals surface area contributed by atoms with Crippen LogP contribution in [0.4, 0.5) is 0 Å². The van der Waals surface area contributed by atoms with Gasteiger partial charge in [0.1, 0.15) is 11.9 Å². The van der Waals surface area contributed by atoms with Crippen molar-refractivity contribution >= 4 is 5.78 Å². The van der Waals surface area contributed by atoms with E-state index in [9.17, 15) is 9.90 Å². The molecule has 0 spiro atoms. The van der Waals surface area contributed by atoms with Crippen molar-refractivity contribution in [2.24, 2.45) is 22.7 Å². The lowest BCUT2D eigenvalue weighted by Gasteiger charge is -2.55. The van der Waals surface area contributed by atoms with E-state index < -0.39 is 0 Å². The Labute approximate surface area is 266 Å². The fraction of sp³-hybridized carbons (Fsp3) is 0.675. The van der Waals surface area contributed by atoms with Crippen LogP contribution in [-0.2, 0) is 15.7 Å². The number of phenolic OH excluding ortho intramolecular Hbond substituents is 1. The highest BCUT2D eigenvalue weighted by molar-refractivity contribution is 6.00. The molecule has 0 heterocycles. The van der Waals surface area contributed by atoms with E-state index in [1.54, 1.807) is 0 Å². The van der Waals surface area contributed by atoms with Crippen molar-refractivity contribution in [1.82, 2.24) is 0 Å². The quantitative estimate of drug-likeness (QED) is 0.274. The molecule has 0 aromatic heterocycles. The van der Waals surface area contributed by atoms with Crippen molar-refractivity contribution in [3.05, 3.63) is 57.6 Å². The number of carbonyl (C=O) groups is 1. The molecule has 44 heavy (non-hydrogen) atoms. The Morgan fingerprint density at radius 2 is 1.34 bits per heavy atom. The molecule has 2 saturated carbocycles. The first kappa shape index (κ1) is 31.6. The molecule has 4 aliphatic carbocycles. The lowest BCUT2D eigenvalue weighted by molar-refractivity contribution is -0.260. The number of aromatic hydroxyl groups is 1. The SMILES string of the molecule is CC(C)c1cc2c(cc1O)C1(C)CCCC(C)(C)C1CC2OOc1cc2c(cc1C(C)C)C(=O)CC1C(C)(C)CCCC21C. The molecule has 240 valence electrons. The maximum atomic E-state index is 13.6. The van der Waals surface area contributed by atoms with Crippen LogP contribution in [-0.4, -0.2) is 10.9 Å². The fourth-order valence-corrected chi connectivity index (χ4v) is 10.5. The summed E-state index contributed by atoms with van der Waals surface area (Å²) in [5.74, 6) is 2.52. The lowest BCUT2D eigenvalue weighted by atomic mass is 9.50. The largest absolute Gasteiger partial charge is 0.508 e. The number of Topliss-reactive ketones (excluding diaryl/α,β-unsaturated/α-hetero) is 1. The number of benzene rings is 2. The number of hydrogen-bond donors (Lipinski definition) is 1. The van der Waals surface area contributed by atoms with Crippen LogP contribution in [0.15, 0.2) is 24.3 Å². The second kappa shape index (κ2) is 10.6. The molecular weight excluding hydrogens is 544 g/mol. The molecule has 2 aromatic carbocycles. The molecule has 4 nitrogen and oxygen atoms in total. The van der Waals surface area contributed by atoms with Gasteiger partial charge in [-0.25, -0.2) is 0 Å². The van der Waals surface area contributed by atoms with Crippen molar-refractivity contribution < 1.29 is 19.7 Å². The van der Waals surface area contributed by atoms with E-state index in [2.05, 4.69) is 87.4 Å². The number of ketones is 1. The minimum absolute atomic E-state index is 0.0173. The van der Waals surface area contributed by atoms with Crippen molar-refractivity contribution in [2.75, 3.05) is 0 Å². The Hall–Kier alpha value is -2.33. The Morgan fingerprint density at radius 3 is 1.95 bits per heavy atom. The molecule has 2 fully saturated rings. The van der Waals surface area contributed by atoms with E-state index in [0.717, 1.165) is 59.3 Å². The Bertz CT molecular complexity index is 1460. The van der Waals surface area contributed by atoms with E-state index >= 15 is 0 Å². The van der Waals surface area contributed by atoms with Gasteiger partial charge in [-0.3, -0.25) is 4.79 Å². The summed E-state index contributed by atoms with van der Waals surface area (Å²) in [6.45, 7) is 22.9. The topological polar surface area (TPSA) is 55.8 Å². The smallest absolute Gasteiger partial charge is 0.169 e. The summed E-state index contributed by atoms with van der Waals surface area (Å²) in [4.78, 5) is 26.8. The molecule has 5 atom stereocenters. The Kier molecular flexibility index (Phi) is 7.63. The molecule has 0 aliphatic heterocycles. The Morgan fingerprint density at radius 1 is 0.750 bits per heavy atom. The first-order valence-corrected chi connectivity index (χ1v) is 17.4. The third-order valence-electron chi connectivity index (χ3n) is 13.0. The van der Waals surface area contributed by atoms with Crippen molar-refractivity contribution in [1.29, 1.82) is 0 Å². The standard InChI is InChI=1S/C40H56O4/c1-23(2)25-17-28-29(19-31(25)41)39(9)15-12-14-38(7,8)36(39)22-34(28)44-43-33-20-30-27(18-26(33)24(3)4)32(42)21-35-37(5,6)13-11-16-40(30,35)10/h17-20,23-24,34-36,41H,11-16,21-22H2,1-10H3. The predicted octanol–water partition coefficient (Wildman–Crippen LogP) is 10.8. The van der Waals surface area contributed by atoms with Gasteiger partial charge in [-0.1, -0.05) is 82.1 Å². The molecule has 0 bridgehead atoms. The summed E-state index contributed by atoms with van der Waals surface area (Å²) in [5, 5.41) is 11.2. The van der Waals surface area contributed by atoms with Crippen LogP contribution in [0.2, 0.25) is 0 Å². The van der Waals surface area contributed by atoms with Crippen LogP contribution >= 0.6 is 0 Å². The number of rotatable bonds is 5. The molecule has 6 rings (SSSR count). The third kappa shape index (κ3) is 4.84. The molecule has 0 radical (unpaired) electrons. The molecule has 4 heteroatoms. The first-order valence-electron chi connectivity index (χ1n) is 17.4. The van der Waals surface area contributed by atoms with Crippen LogP contribution in [0, 0.1) is 22.7 Å². The normalized spacial score (nSPS) is 32.1. The third-order valence-corrected chi connectivity index (χ3v) is 13.0. The van der Waals surface area contributed by atoms with Crippen molar-refractivity contribution in [3.63, 3.8) is 0 Å². The number of fused-ring (bicyclic) bond motifs is 6. The highest BCUT2D eigenvalue weighted by Gasteiger charge is 2.54. The van der Waals surface area contributed by atoms with E-state index in [1.807, 2.05) is 6.07 Å². The monoisotopic (exact) mass is 600 g/mol. The van der Waals surface area contributed by atoms with E-state index in [4.69, 9.17) is 9.78 Å². The highest BCUT2D eigenvalue weighted by Crippen LogP contribution is 2.61. The fourth-order valence-electron chi connectivity index (χ4n) is 10.5. The maximum absolute atomic E-state index is 13.6. The second-order valence-electron chi connectivity index (χ2n) is 17.4. The molecule has 0 amide bonds. The first-order chi connectivity index (χ1) is 20.5. The van der Waals surface area contributed by atoms with Gasteiger partial charge in [0, 0.05) is 17.5 Å². The zero-order valence-electron chi connectivity index (χ0n) is 29.0. The predicted molar refractivity (Wildman–Crippen MR) is 178 cm³/mol. The summed E-state index contributed by atoms with van der Waals surface area (Å²) in [6.07, 6.45) is 8.20. The van der Waals surface area contributed by atoms with Gasteiger partial charge in [0.15, 0.2) is 11.5 Å². The molecule has 0 saturated heterocycles. The van der Waals surface area contributed by atoms with Gasteiger partial charge in [-0.15, -0.1) is 0 Å². The van der Waals surface area contributed by atoms with Gasteiger partial charge < -0.3 is 9.99 Å². The summed E-state index contributed by atoms with van der Waals surface area (Å²) in [5.41, 5.74) is 6.60. The van der Waals surface area contributed by atoms with Gasteiger partial charge in [0.05, 0.1) is 0 Å². The van der Waals surface area contributed by atoms with Crippen LogP contribution < -0.4 is 4.89 Å². The van der Waals surface area contributed by atoms with E-state index in [0.29, 0.717) is 24.0 Å². The average Bonchev–Trinajstić information content (AvgIpc) is 2.92. The zero-order valence-corrected chi connectivity index (χ0v) is 29.0. The van der Waals surface area contributed by atoms with Crippen LogP contribution in [0.25, 0.3) is 0 Å². The zero-order chi connectivity index (χ0) is 32.0. The molecule has 1 N–H and O–H groups in total. The minimum atomic E-state index is -0.242. The minimum Gasteiger partial charge on any atom is -0.508 e. The summed E-state index contributed by atoms with van der Waals surface area (Å²) < 4.78 is 0. The second-order valence-corrected chi connectivity index (χ2v) is 17.4. The van der Waals surface area contributed by atoms with Crippen molar-refractivity contribution in [2.45, 2.75) is 149 Å². The average molecular weight is 601 g/mol. The van der Waals surface area contributed by atoms with Crippen LogP contribution in [0.1, 0.15) is 177 Å². The summed E-state index contributed by atoms with van der Waals surface area (Å²) >= 11 is 0. The van der Waals surface area contributed by atoms with Crippen LogP contribution in [0.3, 0.4) is 0 Å². The van der Waals surface area contributed by atoms with Crippen LogP contribution in [0.5, 0.6) is 11.5 Å². The van der Waals surface area contributed by atoms with Gasteiger partial charge in [0.25, 0.3) is 0 Å². The van der Waals surface area contributed by atoms with Gasteiger partial charge in [-0.05, 0) is 124 Å². The number of carbonyl (C=O) groups excluding carboxylic acids is 1. The van der Waals surface area contributed by atoms with Gasteiger partial charge in [-0.2, -0.15) is 4.89 Å². The van der Waals surface area contributed by atoms with E-state index in [1.165, 1.54) is 24.8 Å². The summed E-state index contributed by atoms with van der Waals surface area (Å²) in [6, 6.07) is 8.53. The molecular formula is C40H56O4. The maximum Gasteiger partial charge on any atom is 0.169 e. The molecule has 5 unspecified atom stereocenters. The van der Waals surface area contributed by atoms with Gasteiger partial charge in [0.2, 0.25) is 0 Å². The lowest BCUT2D eigenvalue weighted by Crippen LogP contribution is -2.49. The van der Waals surface area contributed by atoms with E-state index in [-0.39, 0.29) is 45.4 Å². The number of hydrogen-bond acceptors (Lipinski definition) is 4. The van der Waals surface area contributed by atoms with Gasteiger partial charge >= 0.3 is 0 Å². The number of phenols is 1.